The predicted molar refractivity (Wildman–Crippen MR) is 71.6 cm³/mol. The van der Waals surface area contributed by atoms with E-state index in [4.69, 9.17) is 5.73 Å². The molecule has 2 unspecified atom stereocenters. The number of nitrogens with one attached hydrogen (secondary N) is 1. The number of carbonyl (C=O) groups is 1. The molecular weight excluding hydrogens is 212 g/mol. The average Bonchev–Trinajstić information content (AvgIpc) is 2.30. The second-order valence-electron chi connectivity index (χ2n) is 6.21. The van der Waals surface area contributed by atoms with E-state index >= 15 is 0 Å². The zero-order chi connectivity index (χ0) is 12.9. The van der Waals surface area contributed by atoms with Crippen molar-refractivity contribution in [3.8, 4) is 0 Å². The lowest BCUT2D eigenvalue weighted by Crippen LogP contribution is -2.39. The fourth-order valence-corrected chi connectivity index (χ4v) is 2.26. The molecule has 3 N–H and O–H groups in total. The van der Waals surface area contributed by atoms with E-state index in [1.807, 2.05) is 0 Å². The molecule has 1 rings (SSSR count). The summed E-state index contributed by atoms with van der Waals surface area (Å²) in [6, 6.07) is 0.230. The molecule has 17 heavy (non-hydrogen) atoms. The van der Waals surface area contributed by atoms with Crippen LogP contribution in [0.4, 0.5) is 0 Å². The molecular formula is C14H28N2O. The second-order valence-corrected chi connectivity index (χ2v) is 6.21. The highest BCUT2D eigenvalue weighted by molar-refractivity contribution is 5.76. The normalized spacial score (nSPS) is 25.6. The van der Waals surface area contributed by atoms with E-state index in [1.165, 1.54) is 12.8 Å². The third-order valence-corrected chi connectivity index (χ3v) is 4.14. The van der Waals surface area contributed by atoms with Crippen LogP contribution in [0.1, 0.15) is 59.3 Å². The average molecular weight is 240 g/mol. The minimum atomic E-state index is 0.175. The van der Waals surface area contributed by atoms with Gasteiger partial charge in [0, 0.05) is 19.0 Å². The first-order chi connectivity index (χ1) is 7.94. The summed E-state index contributed by atoms with van der Waals surface area (Å²) in [5.41, 5.74) is 6.25. The summed E-state index contributed by atoms with van der Waals surface area (Å²) < 4.78 is 0. The van der Waals surface area contributed by atoms with Gasteiger partial charge in [-0.25, -0.2) is 0 Å². The lowest BCUT2D eigenvalue weighted by atomic mass is 9.82. The van der Waals surface area contributed by atoms with Gasteiger partial charge in [-0.1, -0.05) is 33.6 Å². The van der Waals surface area contributed by atoms with Crippen LogP contribution in [0.15, 0.2) is 0 Å². The van der Waals surface area contributed by atoms with Crippen molar-refractivity contribution in [2.24, 2.45) is 17.1 Å². The fourth-order valence-electron chi connectivity index (χ4n) is 2.26. The van der Waals surface area contributed by atoms with Gasteiger partial charge in [-0.2, -0.15) is 0 Å². The first-order valence-corrected chi connectivity index (χ1v) is 6.97. The lowest BCUT2D eigenvalue weighted by molar-refractivity contribution is -0.122. The third kappa shape index (κ3) is 5.07. The topological polar surface area (TPSA) is 55.1 Å². The van der Waals surface area contributed by atoms with Crippen molar-refractivity contribution in [1.82, 2.24) is 5.32 Å². The smallest absolute Gasteiger partial charge is 0.220 e. The number of amides is 1. The zero-order valence-corrected chi connectivity index (χ0v) is 11.6. The molecule has 2 atom stereocenters. The standard InChI is InChI=1S/C14H28N2O/c1-4-14(2,3)10-16-13(17)9-11-7-5-6-8-12(11)15/h11-12H,4-10,15H2,1-3H3,(H,16,17). The molecule has 3 nitrogen and oxygen atoms in total. The van der Waals surface area contributed by atoms with Gasteiger partial charge in [0.25, 0.3) is 0 Å². The zero-order valence-electron chi connectivity index (χ0n) is 11.6. The largest absolute Gasteiger partial charge is 0.356 e. The summed E-state index contributed by atoms with van der Waals surface area (Å²) in [7, 11) is 0. The summed E-state index contributed by atoms with van der Waals surface area (Å²) in [4.78, 5) is 11.9. The van der Waals surface area contributed by atoms with Gasteiger partial charge >= 0.3 is 0 Å². The molecule has 0 bridgehead atoms. The van der Waals surface area contributed by atoms with Gasteiger partial charge in [-0.15, -0.1) is 0 Å². The monoisotopic (exact) mass is 240 g/mol. The Morgan fingerprint density at radius 1 is 1.35 bits per heavy atom. The van der Waals surface area contributed by atoms with Gasteiger partial charge in [0.2, 0.25) is 5.91 Å². The molecule has 1 saturated carbocycles. The van der Waals surface area contributed by atoms with E-state index < -0.39 is 0 Å². The lowest BCUT2D eigenvalue weighted by Gasteiger charge is -2.29. The minimum absolute atomic E-state index is 0.175. The van der Waals surface area contributed by atoms with E-state index in [0.29, 0.717) is 12.3 Å². The Hall–Kier alpha value is -0.570. The SMILES string of the molecule is CCC(C)(C)CNC(=O)CC1CCCCC1N. The van der Waals surface area contributed by atoms with Gasteiger partial charge in [0.05, 0.1) is 0 Å². The van der Waals surface area contributed by atoms with Crippen molar-refractivity contribution in [3.63, 3.8) is 0 Å². The van der Waals surface area contributed by atoms with Crippen LogP contribution < -0.4 is 11.1 Å². The quantitative estimate of drug-likeness (QED) is 0.775. The molecule has 0 aliphatic heterocycles. The number of hydrogen-bond donors (Lipinski definition) is 2. The summed E-state index contributed by atoms with van der Waals surface area (Å²) in [5, 5.41) is 3.05. The molecule has 1 amide bonds. The summed E-state index contributed by atoms with van der Waals surface area (Å²) in [5.74, 6) is 0.572. The van der Waals surface area contributed by atoms with Crippen LogP contribution in [-0.2, 0) is 4.79 Å². The van der Waals surface area contributed by atoms with Crippen LogP contribution in [0.2, 0.25) is 0 Å². The van der Waals surface area contributed by atoms with E-state index in [0.717, 1.165) is 25.8 Å². The first-order valence-electron chi connectivity index (χ1n) is 6.97. The molecule has 0 saturated heterocycles. The second kappa shape index (κ2) is 6.39. The first kappa shape index (κ1) is 14.5. The molecule has 1 aliphatic carbocycles. The maximum absolute atomic E-state index is 11.9. The van der Waals surface area contributed by atoms with Gasteiger partial charge in [0.15, 0.2) is 0 Å². The van der Waals surface area contributed by atoms with Crippen LogP contribution >= 0.6 is 0 Å². The van der Waals surface area contributed by atoms with E-state index in [9.17, 15) is 4.79 Å². The van der Waals surface area contributed by atoms with Crippen molar-refractivity contribution < 1.29 is 4.79 Å². The number of nitrogens with two attached hydrogens (primary N) is 1. The number of hydrogen-bond acceptors (Lipinski definition) is 2. The van der Waals surface area contributed by atoms with Crippen molar-refractivity contribution in [2.75, 3.05) is 6.54 Å². The Balaban J connectivity index is 2.29. The summed E-state index contributed by atoms with van der Waals surface area (Å²) >= 11 is 0. The van der Waals surface area contributed by atoms with E-state index in [1.54, 1.807) is 0 Å². The molecule has 0 radical (unpaired) electrons. The molecule has 0 aromatic heterocycles. The van der Waals surface area contributed by atoms with Crippen LogP contribution in [0.5, 0.6) is 0 Å². The van der Waals surface area contributed by atoms with Crippen molar-refractivity contribution in [1.29, 1.82) is 0 Å². The molecule has 0 aromatic carbocycles. The molecule has 0 heterocycles. The Morgan fingerprint density at radius 2 is 2.00 bits per heavy atom. The van der Waals surface area contributed by atoms with Crippen molar-refractivity contribution in [3.05, 3.63) is 0 Å². The van der Waals surface area contributed by atoms with Crippen LogP contribution in [0, 0.1) is 11.3 Å². The van der Waals surface area contributed by atoms with Crippen LogP contribution in [0.25, 0.3) is 0 Å². The Morgan fingerprint density at radius 3 is 2.59 bits per heavy atom. The highest BCUT2D eigenvalue weighted by Gasteiger charge is 2.24. The molecule has 100 valence electrons. The van der Waals surface area contributed by atoms with E-state index in [2.05, 4.69) is 26.1 Å². The molecule has 0 aromatic rings. The van der Waals surface area contributed by atoms with Crippen LogP contribution in [0.3, 0.4) is 0 Å². The summed E-state index contributed by atoms with van der Waals surface area (Å²) in [6.45, 7) is 7.28. The van der Waals surface area contributed by atoms with Gasteiger partial charge < -0.3 is 11.1 Å². The van der Waals surface area contributed by atoms with E-state index in [-0.39, 0.29) is 17.4 Å². The maximum atomic E-state index is 11.9. The predicted octanol–water partition coefficient (Wildman–Crippen LogP) is 2.45. The fraction of sp³-hybridized carbons (Fsp3) is 0.929. The minimum Gasteiger partial charge on any atom is -0.356 e. The number of carbonyl (C=O) groups excluding carboxylic acids is 1. The highest BCUT2D eigenvalue weighted by atomic mass is 16.1. The molecule has 1 fully saturated rings. The van der Waals surface area contributed by atoms with Crippen molar-refractivity contribution in [2.45, 2.75) is 65.3 Å². The highest BCUT2D eigenvalue weighted by Crippen LogP contribution is 2.25. The van der Waals surface area contributed by atoms with Crippen LogP contribution in [-0.4, -0.2) is 18.5 Å². The number of rotatable bonds is 5. The Bertz CT molecular complexity index is 251. The Kier molecular flexibility index (Phi) is 5.44. The van der Waals surface area contributed by atoms with Gasteiger partial charge in [-0.3, -0.25) is 4.79 Å². The van der Waals surface area contributed by atoms with Crippen molar-refractivity contribution >= 4 is 5.91 Å². The maximum Gasteiger partial charge on any atom is 0.220 e. The molecule has 0 spiro atoms. The molecule has 3 heteroatoms. The summed E-state index contributed by atoms with van der Waals surface area (Å²) in [6.07, 6.45) is 6.34. The molecule has 1 aliphatic rings. The van der Waals surface area contributed by atoms with Gasteiger partial charge in [0.1, 0.15) is 0 Å². The van der Waals surface area contributed by atoms with Gasteiger partial charge in [-0.05, 0) is 30.6 Å². The third-order valence-electron chi connectivity index (χ3n) is 4.14. The Labute approximate surface area is 106 Å².